The lowest BCUT2D eigenvalue weighted by molar-refractivity contribution is -0.383. The van der Waals surface area contributed by atoms with E-state index in [0.29, 0.717) is 9.88 Å². The first-order valence-corrected chi connectivity index (χ1v) is 6.56. The van der Waals surface area contributed by atoms with Gasteiger partial charge in [0.15, 0.2) is 5.00 Å². The summed E-state index contributed by atoms with van der Waals surface area (Å²) in [6.45, 7) is 5.06. The van der Waals surface area contributed by atoms with Crippen LogP contribution >= 0.6 is 11.3 Å². The van der Waals surface area contributed by atoms with E-state index in [0.717, 1.165) is 11.3 Å². The number of rotatable bonds is 6. The molecule has 0 unspecified atom stereocenters. The maximum absolute atomic E-state index is 11.1. The van der Waals surface area contributed by atoms with E-state index in [2.05, 4.69) is 0 Å². The van der Waals surface area contributed by atoms with Crippen molar-refractivity contribution in [2.45, 2.75) is 32.9 Å². The Kier molecular flexibility index (Phi) is 4.84. The molecule has 0 saturated heterocycles. The van der Waals surface area contributed by atoms with Gasteiger partial charge in [0.1, 0.15) is 0 Å². The summed E-state index contributed by atoms with van der Waals surface area (Å²) in [5.41, 5.74) is 5.05. The van der Waals surface area contributed by atoms with Gasteiger partial charge in [0.25, 0.3) is 0 Å². The molecule has 19 heavy (non-hydrogen) atoms. The minimum atomic E-state index is -0.792. The number of thiophene rings is 1. The number of hydrogen-bond donors (Lipinski definition) is 2. The topological polar surface area (TPSA) is 110 Å². The second kappa shape index (κ2) is 5.98. The van der Waals surface area contributed by atoms with Crippen LogP contribution in [0.2, 0.25) is 0 Å². The van der Waals surface area contributed by atoms with Crippen molar-refractivity contribution in [3.63, 3.8) is 0 Å². The van der Waals surface area contributed by atoms with Gasteiger partial charge >= 0.3 is 5.69 Å². The third-order valence-corrected chi connectivity index (χ3v) is 3.86. The first-order valence-electron chi connectivity index (χ1n) is 5.75. The summed E-state index contributed by atoms with van der Waals surface area (Å²) in [6.07, 6.45) is -0.792. The summed E-state index contributed by atoms with van der Waals surface area (Å²) in [7, 11) is 0. The summed E-state index contributed by atoms with van der Waals surface area (Å²) in [5, 5.41) is 20.9. The lowest BCUT2D eigenvalue weighted by atomic mass is 10.3. The van der Waals surface area contributed by atoms with E-state index in [4.69, 9.17) is 5.73 Å². The minimum absolute atomic E-state index is 0.0989. The molecule has 0 aliphatic rings. The Labute approximate surface area is 114 Å². The molecule has 3 N–H and O–H groups in total. The fourth-order valence-electron chi connectivity index (χ4n) is 1.59. The molecule has 1 atom stereocenters. The van der Waals surface area contributed by atoms with E-state index in [1.54, 1.807) is 4.90 Å². The first-order chi connectivity index (χ1) is 8.73. The van der Waals surface area contributed by atoms with Crippen LogP contribution in [0.4, 0.5) is 10.7 Å². The van der Waals surface area contributed by atoms with Crippen LogP contribution in [-0.2, 0) is 4.79 Å². The van der Waals surface area contributed by atoms with Crippen molar-refractivity contribution in [3.05, 3.63) is 21.1 Å². The monoisotopic (exact) mass is 287 g/mol. The van der Waals surface area contributed by atoms with Crippen molar-refractivity contribution in [1.29, 1.82) is 0 Å². The van der Waals surface area contributed by atoms with Crippen LogP contribution in [0, 0.1) is 10.1 Å². The Bertz CT molecular complexity index is 484. The van der Waals surface area contributed by atoms with Crippen LogP contribution in [0.3, 0.4) is 0 Å². The summed E-state index contributed by atoms with van der Waals surface area (Å²) < 4.78 is 0. The Morgan fingerprint density at radius 3 is 2.53 bits per heavy atom. The van der Waals surface area contributed by atoms with Crippen LogP contribution in [0.15, 0.2) is 6.07 Å². The molecule has 0 saturated carbocycles. The highest BCUT2D eigenvalue weighted by molar-refractivity contribution is 7.16. The zero-order chi connectivity index (χ0) is 14.7. The quantitative estimate of drug-likeness (QED) is 0.607. The number of nitrogens with two attached hydrogens (primary N) is 1. The fraction of sp³-hybridized carbons (Fsp3) is 0.545. The second-order valence-electron chi connectivity index (χ2n) is 4.46. The summed E-state index contributed by atoms with van der Waals surface area (Å²) in [6, 6.07) is 1.22. The molecule has 0 radical (unpaired) electrons. The van der Waals surface area contributed by atoms with Crippen molar-refractivity contribution < 1.29 is 14.8 Å². The van der Waals surface area contributed by atoms with Gasteiger partial charge in [0.05, 0.1) is 17.6 Å². The molecule has 1 aromatic heterocycles. The number of carbonyl (C=O) groups excluding carboxylic acids is 1. The van der Waals surface area contributed by atoms with E-state index in [9.17, 15) is 20.0 Å². The molecule has 0 spiro atoms. The number of anilines is 1. The van der Waals surface area contributed by atoms with Crippen LogP contribution in [-0.4, -0.2) is 28.5 Å². The Morgan fingerprint density at radius 1 is 1.58 bits per heavy atom. The predicted octanol–water partition coefficient (Wildman–Crippen LogP) is 1.41. The van der Waals surface area contributed by atoms with Crippen LogP contribution in [0.1, 0.15) is 31.8 Å². The van der Waals surface area contributed by atoms with Crippen molar-refractivity contribution in [3.8, 4) is 0 Å². The maximum Gasteiger partial charge on any atom is 0.304 e. The highest BCUT2D eigenvalue weighted by Gasteiger charge is 2.27. The lowest BCUT2D eigenvalue weighted by Gasteiger charge is -2.25. The van der Waals surface area contributed by atoms with E-state index < -0.39 is 16.9 Å². The largest absolute Gasteiger partial charge is 0.388 e. The molecule has 106 valence electrons. The molecule has 1 amide bonds. The number of aliphatic hydroxyl groups is 1. The van der Waals surface area contributed by atoms with Gasteiger partial charge in [-0.05, 0) is 20.8 Å². The molecular formula is C11H17N3O4S. The van der Waals surface area contributed by atoms with E-state index in [1.807, 2.05) is 13.8 Å². The molecule has 0 aliphatic heterocycles. The number of nitro groups is 1. The molecule has 0 fully saturated rings. The van der Waals surface area contributed by atoms with Crippen LogP contribution in [0.5, 0.6) is 0 Å². The van der Waals surface area contributed by atoms with Crippen LogP contribution < -0.4 is 10.6 Å². The third-order valence-electron chi connectivity index (χ3n) is 2.53. The van der Waals surface area contributed by atoms with E-state index >= 15 is 0 Å². The van der Waals surface area contributed by atoms with Gasteiger partial charge in [-0.15, -0.1) is 11.3 Å². The number of carbonyl (C=O) groups is 1. The summed E-state index contributed by atoms with van der Waals surface area (Å²) >= 11 is 1.10. The maximum atomic E-state index is 11.1. The van der Waals surface area contributed by atoms with Crippen molar-refractivity contribution in [2.24, 2.45) is 5.73 Å². The van der Waals surface area contributed by atoms with Gasteiger partial charge in [-0.2, -0.15) is 0 Å². The zero-order valence-electron chi connectivity index (χ0n) is 11.0. The van der Waals surface area contributed by atoms with Gasteiger partial charge in [-0.1, -0.05) is 0 Å². The number of hydrogen-bond acceptors (Lipinski definition) is 6. The minimum Gasteiger partial charge on any atom is -0.388 e. The van der Waals surface area contributed by atoms with Gasteiger partial charge in [-0.25, -0.2) is 0 Å². The van der Waals surface area contributed by atoms with E-state index in [1.165, 1.54) is 13.0 Å². The highest BCUT2D eigenvalue weighted by Crippen LogP contribution is 2.40. The molecule has 1 aromatic rings. The standard InChI is InChI=1S/C11H17N3O4S/c1-6(2)13(5-10(12)16)11-8(14(17)18)4-9(19-11)7(3)15/h4,6-7,15H,5H2,1-3H3,(H2,12,16)/t7-/m0/s1. The molecule has 0 aliphatic carbocycles. The van der Waals surface area contributed by atoms with Gasteiger partial charge < -0.3 is 15.7 Å². The smallest absolute Gasteiger partial charge is 0.304 e. The molecule has 1 rings (SSSR count). The Hall–Kier alpha value is -1.67. The number of amides is 1. The molecule has 0 bridgehead atoms. The zero-order valence-corrected chi connectivity index (χ0v) is 11.8. The van der Waals surface area contributed by atoms with Crippen molar-refractivity contribution in [1.82, 2.24) is 0 Å². The van der Waals surface area contributed by atoms with Gasteiger partial charge in [-0.3, -0.25) is 14.9 Å². The van der Waals surface area contributed by atoms with Gasteiger partial charge in [0.2, 0.25) is 5.91 Å². The van der Waals surface area contributed by atoms with Crippen LogP contribution in [0.25, 0.3) is 0 Å². The second-order valence-corrected chi connectivity index (χ2v) is 5.52. The Balaban J connectivity index is 3.27. The Morgan fingerprint density at radius 2 is 2.16 bits per heavy atom. The lowest BCUT2D eigenvalue weighted by Crippen LogP contribution is -2.38. The number of primary amides is 1. The number of nitrogens with zero attached hydrogens (tertiary/aromatic N) is 2. The molecule has 1 heterocycles. The van der Waals surface area contributed by atoms with Crippen molar-refractivity contribution in [2.75, 3.05) is 11.4 Å². The fourth-order valence-corrected chi connectivity index (χ4v) is 2.78. The van der Waals surface area contributed by atoms with Crippen molar-refractivity contribution >= 4 is 27.9 Å². The summed E-state index contributed by atoms with van der Waals surface area (Å²) in [5.74, 6) is -0.560. The number of aliphatic hydroxyl groups excluding tert-OH is 1. The molecule has 0 aromatic carbocycles. The highest BCUT2D eigenvalue weighted by atomic mass is 32.1. The normalized spacial score (nSPS) is 12.5. The summed E-state index contributed by atoms with van der Waals surface area (Å²) in [4.78, 5) is 23.7. The first kappa shape index (κ1) is 15.4. The molecule has 8 heteroatoms. The van der Waals surface area contributed by atoms with Gasteiger partial charge in [0, 0.05) is 17.0 Å². The molecular weight excluding hydrogens is 270 g/mol. The average Bonchev–Trinajstić information content (AvgIpc) is 2.69. The third kappa shape index (κ3) is 3.65. The molecule has 7 nitrogen and oxygen atoms in total. The SMILES string of the molecule is CC(C)N(CC(N)=O)c1sc([C@H](C)O)cc1[N+](=O)[O-]. The average molecular weight is 287 g/mol. The van der Waals surface area contributed by atoms with E-state index in [-0.39, 0.29) is 18.3 Å². The predicted molar refractivity (Wildman–Crippen MR) is 73.3 cm³/mol.